The van der Waals surface area contributed by atoms with E-state index >= 15 is 0 Å². The Balaban J connectivity index is 1.77. The zero-order chi connectivity index (χ0) is 32.4. The third-order valence-corrected chi connectivity index (χ3v) is 5.96. The molecule has 0 N–H and O–H groups in total. The van der Waals surface area contributed by atoms with Crippen LogP contribution in [-0.2, 0) is 27.1 Å². The summed E-state index contributed by atoms with van der Waals surface area (Å²) in [5.74, 6) is 0.499. The molecule has 0 bridgehead atoms. The molecule has 43 heavy (non-hydrogen) atoms. The van der Waals surface area contributed by atoms with Crippen LogP contribution >= 0.6 is 0 Å². The number of halogens is 11. The summed E-state index contributed by atoms with van der Waals surface area (Å²) in [5, 5.41) is 0. The Hall–Kier alpha value is -2.59. The van der Waals surface area contributed by atoms with Gasteiger partial charge in [-0.3, -0.25) is 0 Å². The zero-order valence-electron chi connectivity index (χ0n) is 23.0. The second kappa shape index (κ2) is 15.4. The number of rotatable bonds is 19. The van der Waals surface area contributed by atoms with Crippen LogP contribution in [-0.4, -0.2) is 53.8 Å². The van der Waals surface area contributed by atoms with E-state index in [9.17, 15) is 48.3 Å². The van der Waals surface area contributed by atoms with Gasteiger partial charge in [0.25, 0.3) is 0 Å². The molecule has 1 heterocycles. The van der Waals surface area contributed by atoms with E-state index in [0.29, 0.717) is 5.82 Å². The van der Waals surface area contributed by atoms with Gasteiger partial charge in [0.05, 0.1) is 0 Å². The summed E-state index contributed by atoms with van der Waals surface area (Å²) in [6, 6.07) is 6.88. The Labute approximate surface area is 240 Å². The molecule has 0 aliphatic heterocycles. The number of hydrogen-bond donors (Lipinski definition) is 0. The highest BCUT2D eigenvalue weighted by atomic mass is 19.4. The first kappa shape index (κ1) is 36.6. The molecule has 2 aromatic rings. The van der Waals surface area contributed by atoms with Gasteiger partial charge in [-0.05, 0) is 36.8 Å². The lowest BCUT2D eigenvalue weighted by atomic mass is 10.1. The maximum atomic E-state index is 13.6. The molecule has 1 aromatic carbocycles. The van der Waals surface area contributed by atoms with Gasteiger partial charge in [0, 0.05) is 24.6 Å². The molecule has 0 spiro atoms. The molecule has 244 valence electrons. The number of nitrogens with zero attached hydrogens (tertiary/aromatic N) is 2. The van der Waals surface area contributed by atoms with E-state index < -0.39 is 43.8 Å². The standard InChI is InChI=1S/C27H31F11N2O3/c1-2-3-4-5-6-7-9-20-16-39-22(40-17-20)21-13-11-19(12-14-21)10-8-15-41-18-23(28,29)42-26(35,36)27(37,38)43-25(33,34)24(30,31)32/h11-14,16-17H,2-10,15,18H2,1H3. The molecule has 2 rings (SSSR count). The number of hydrogen-bond acceptors (Lipinski definition) is 5. The molecule has 1 aromatic heterocycles. The minimum absolute atomic E-state index is 0.0620. The maximum Gasteiger partial charge on any atom is 0.483 e. The molecule has 0 atom stereocenters. The minimum atomic E-state index is -6.83. The smallest absolute Gasteiger partial charge is 0.372 e. The normalized spacial score (nSPS) is 13.5. The van der Waals surface area contributed by atoms with Gasteiger partial charge in [-0.25, -0.2) is 19.4 Å². The fourth-order valence-corrected chi connectivity index (χ4v) is 3.69. The molecule has 0 radical (unpaired) electrons. The van der Waals surface area contributed by atoms with Crippen LogP contribution in [0.3, 0.4) is 0 Å². The summed E-state index contributed by atoms with van der Waals surface area (Å²) >= 11 is 0. The quantitative estimate of drug-likeness (QED) is 0.113. The third kappa shape index (κ3) is 11.8. The van der Waals surface area contributed by atoms with Crippen LogP contribution in [0.5, 0.6) is 0 Å². The van der Waals surface area contributed by atoms with Gasteiger partial charge in [0.1, 0.15) is 6.61 Å². The Kier molecular flexibility index (Phi) is 13.1. The Bertz CT molecular complexity index is 1100. The van der Waals surface area contributed by atoms with Crippen molar-refractivity contribution in [1.82, 2.24) is 9.97 Å². The summed E-state index contributed by atoms with van der Waals surface area (Å²) in [6.07, 6.45) is -20.4. The van der Waals surface area contributed by atoms with Crippen LogP contribution < -0.4 is 0 Å². The summed E-state index contributed by atoms with van der Waals surface area (Å²) in [5.41, 5.74) is 2.47. The van der Waals surface area contributed by atoms with Gasteiger partial charge in [0.2, 0.25) is 0 Å². The number of ether oxygens (including phenoxy) is 3. The Morgan fingerprint density at radius 3 is 1.72 bits per heavy atom. The molecule has 0 aliphatic rings. The molecular weight excluding hydrogens is 609 g/mol. The van der Waals surface area contributed by atoms with E-state index in [1.807, 2.05) is 4.74 Å². The van der Waals surface area contributed by atoms with E-state index in [-0.39, 0.29) is 12.8 Å². The van der Waals surface area contributed by atoms with Crippen molar-refractivity contribution in [1.29, 1.82) is 0 Å². The second-order valence-corrected chi connectivity index (χ2v) is 9.68. The van der Waals surface area contributed by atoms with Crippen molar-refractivity contribution in [2.75, 3.05) is 13.2 Å². The lowest BCUT2D eigenvalue weighted by Crippen LogP contribution is -2.55. The fraction of sp³-hybridized carbons (Fsp3) is 0.630. The number of alkyl halides is 11. The number of benzene rings is 1. The summed E-state index contributed by atoms with van der Waals surface area (Å²) < 4.78 is 150. The van der Waals surface area contributed by atoms with Crippen molar-refractivity contribution < 1.29 is 62.5 Å². The first-order valence-corrected chi connectivity index (χ1v) is 13.4. The van der Waals surface area contributed by atoms with Crippen LogP contribution in [0.2, 0.25) is 0 Å². The van der Waals surface area contributed by atoms with Gasteiger partial charge >= 0.3 is 30.6 Å². The Morgan fingerprint density at radius 1 is 0.605 bits per heavy atom. The molecule has 0 aliphatic carbocycles. The monoisotopic (exact) mass is 640 g/mol. The van der Waals surface area contributed by atoms with Crippen LogP contribution in [0.1, 0.15) is 63.0 Å². The van der Waals surface area contributed by atoms with E-state index in [2.05, 4.69) is 26.4 Å². The van der Waals surface area contributed by atoms with Gasteiger partial charge < -0.3 is 4.74 Å². The van der Waals surface area contributed by atoms with Gasteiger partial charge in [0.15, 0.2) is 5.82 Å². The molecule has 5 nitrogen and oxygen atoms in total. The zero-order valence-corrected chi connectivity index (χ0v) is 23.0. The van der Waals surface area contributed by atoms with E-state index in [0.717, 1.165) is 36.0 Å². The lowest BCUT2D eigenvalue weighted by Gasteiger charge is -2.31. The highest BCUT2D eigenvalue weighted by Crippen LogP contribution is 2.47. The second-order valence-electron chi connectivity index (χ2n) is 9.68. The largest absolute Gasteiger partial charge is 0.483 e. The average Bonchev–Trinajstić information content (AvgIpc) is 2.89. The van der Waals surface area contributed by atoms with Crippen LogP contribution in [0.4, 0.5) is 48.3 Å². The maximum absolute atomic E-state index is 13.6. The minimum Gasteiger partial charge on any atom is -0.372 e. The molecule has 16 heteroatoms. The number of aromatic nitrogens is 2. The fourth-order valence-electron chi connectivity index (χ4n) is 3.69. The van der Waals surface area contributed by atoms with E-state index in [1.165, 1.54) is 25.7 Å². The molecular formula is C27H31F11N2O3. The topological polar surface area (TPSA) is 53.5 Å². The molecule has 0 saturated carbocycles. The Morgan fingerprint density at radius 2 is 1.14 bits per heavy atom. The predicted molar refractivity (Wildman–Crippen MR) is 132 cm³/mol. The van der Waals surface area contributed by atoms with Crippen LogP contribution in [0.15, 0.2) is 36.7 Å². The van der Waals surface area contributed by atoms with Crippen molar-refractivity contribution in [3.63, 3.8) is 0 Å². The molecule has 0 amide bonds. The van der Waals surface area contributed by atoms with Crippen molar-refractivity contribution >= 4 is 0 Å². The third-order valence-electron chi connectivity index (χ3n) is 5.96. The molecule has 0 fully saturated rings. The van der Waals surface area contributed by atoms with Crippen LogP contribution in [0.25, 0.3) is 11.4 Å². The van der Waals surface area contributed by atoms with Crippen molar-refractivity contribution in [3.05, 3.63) is 47.8 Å². The van der Waals surface area contributed by atoms with Crippen LogP contribution in [0, 0.1) is 0 Å². The first-order valence-electron chi connectivity index (χ1n) is 13.4. The van der Waals surface area contributed by atoms with Crippen molar-refractivity contribution in [2.45, 2.75) is 95.3 Å². The number of aryl methyl sites for hydroxylation is 2. The van der Waals surface area contributed by atoms with Crippen molar-refractivity contribution in [2.24, 2.45) is 0 Å². The molecule has 0 unspecified atom stereocenters. The number of unbranched alkanes of at least 4 members (excludes halogenated alkanes) is 5. The van der Waals surface area contributed by atoms with E-state index in [4.69, 9.17) is 0 Å². The SMILES string of the molecule is CCCCCCCCc1cnc(-c2ccc(CCCOCC(F)(F)OC(F)(F)C(F)(F)OC(F)(F)C(F)(F)F)cc2)nc1. The van der Waals surface area contributed by atoms with Gasteiger partial charge in [-0.15, -0.1) is 0 Å². The van der Waals surface area contributed by atoms with E-state index in [1.54, 1.807) is 36.7 Å². The average molecular weight is 641 g/mol. The highest BCUT2D eigenvalue weighted by Gasteiger charge is 2.72. The summed E-state index contributed by atoms with van der Waals surface area (Å²) in [4.78, 5) is 8.75. The molecule has 0 saturated heterocycles. The summed E-state index contributed by atoms with van der Waals surface area (Å²) in [6.45, 7) is -0.356. The van der Waals surface area contributed by atoms with Crippen molar-refractivity contribution in [3.8, 4) is 11.4 Å². The van der Waals surface area contributed by atoms with Gasteiger partial charge in [-0.2, -0.15) is 48.3 Å². The summed E-state index contributed by atoms with van der Waals surface area (Å²) in [7, 11) is 0. The highest BCUT2D eigenvalue weighted by molar-refractivity contribution is 5.55. The van der Waals surface area contributed by atoms with Gasteiger partial charge in [-0.1, -0.05) is 63.3 Å². The lowest BCUT2D eigenvalue weighted by molar-refractivity contribution is -0.537. The first-order chi connectivity index (χ1) is 19.9. The predicted octanol–water partition coefficient (Wildman–Crippen LogP) is 8.96.